The summed E-state index contributed by atoms with van der Waals surface area (Å²) in [5, 5.41) is 18.5. The lowest BCUT2D eigenvalue weighted by Gasteiger charge is -2.27. The Hall–Kier alpha value is -5.48. The summed E-state index contributed by atoms with van der Waals surface area (Å²) < 4.78 is 63.9. The van der Waals surface area contributed by atoms with E-state index in [1.54, 1.807) is 22.8 Å². The van der Waals surface area contributed by atoms with Crippen molar-refractivity contribution in [2.24, 2.45) is 0 Å². The number of nitrogens with zero attached hydrogens (tertiary/aromatic N) is 5. The summed E-state index contributed by atoms with van der Waals surface area (Å²) in [4.78, 5) is 24.2. The van der Waals surface area contributed by atoms with E-state index in [2.05, 4.69) is 15.0 Å². The first kappa shape index (κ1) is 29.6. The van der Waals surface area contributed by atoms with Crippen LogP contribution in [0.4, 0.5) is 13.2 Å². The molecule has 5 aromatic rings. The third-order valence-corrected chi connectivity index (χ3v) is 7.48. The van der Waals surface area contributed by atoms with Gasteiger partial charge in [0.15, 0.2) is 5.82 Å². The zero-order valence-corrected chi connectivity index (χ0v) is 23.8. The van der Waals surface area contributed by atoms with E-state index in [4.69, 9.17) is 19.5 Å². The van der Waals surface area contributed by atoms with Crippen molar-refractivity contribution in [2.75, 3.05) is 13.7 Å². The third kappa shape index (κ3) is 6.00. The van der Waals surface area contributed by atoms with E-state index in [0.29, 0.717) is 23.5 Å². The monoisotopic (exact) mass is 615 g/mol. The maximum atomic E-state index is 15.5. The number of carbonyl (C=O) groups is 1. The first-order valence-corrected chi connectivity index (χ1v) is 13.8. The SMILES string of the molecule is COc1cc(C#N)ccc1COc1nccc(-c2cc(F)c(Cc3nc4c(F)cc(C(=O)O)cc4n3C[C@@H]3CCO3)cc2F)n1. The molecule has 10 nitrogen and oxygen atoms in total. The number of benzene rings is 3. The van der Waals surface area contributed by atoms with Gasteiger partial charge in [-0.25, -0.2) is 27.9 Å². The minimum Gasteiger partial charge on any atom is -0.496 e. The Morgan fingerprint density at radius 2 is 1.91 bits per heavy atom. The van der Waals surface area contributed by atoms with Crippen LogP contribution in [0.15, 0.2) is 54.7 Å². The predicted molar refractivity (Wildman–Crippen MR) is 153 cm³/mol. The van der Waals surface area contributed by atoms with Crippen molar-refractivity contribution < 1.29 is 37.3 Å². The number of aromatic nitrogens is 4. The molecule has 1 atom stereocenters. The fourth-order valence-corrected chi connectivity index (χ4v) is 5.05. The van der Waals surface area contributed by atoms with Crippen molar-refractivity contribution in [3.63, 3.8) is 0 Å². The number of nitriles is 1. The molecule has 0 amide bonds. The van der Waals surface area contributed by atoms with Crippen LogP contribution in [0.2, 0.25) is 0 Å². The number of carboxylic acid groups (broad SMARTS) is 1. The average molecular weight is 616 g/mol. The van der Waals surface area contributed by atoms with Crippen LogP contribution in [0.25, 0.3) is 22.3 Å². The Morgan fingerprint density at radius 3 is 2.62 bits per heavy atom. The van der Waals surface area contributed by atoms with Crippen molar-refractivity contribution in [3.05, 3.63) is 100 Å². The molecular weight excluding hydrogens is 591 g/mol. The minimum atomic E-state index is -1.30. The molecule has 45 heavy (non-hydrogen) atoms. The minimum absolute atomic E-state index is 0.00440. The molecule has 0 bridgehead atoms. The zero-order chi connectivity index (χ0) is 31.7. The van der Waals surface area contributed by atoms with E-state index >= 15 is 8.78 Å². The number of fused-ring (bicyclic) bond motifs is 1. The molecule has 0 radical (unpaired) electrons. The van der Waals surface area contributed by atoms with E-state index in [1.165, 1.54) is 25.4 Å². The fraction of sp³-hybridized carbons (Fsp3) is 0.219. The highest BCUT2D eigenvalue weighted by Crippen LogP contribution is 2.30. The normalized spacial score (nSPS) is 14.2. The van der Waals surface area contributed by atoms with Crippen LogP contribution >= 0.6 is 0 Å². The first-order valence-electron chi connectivity index (χ1n) is 13.8. The second-order valence-corrected chi connectivity index (χ2v) is 10.3. The topological polar surface area (TPSA) is 132 Å². The maximum Gasteiger partial charge on any atom is 0.335 e. The van der Waals surface area contributed by atoms with Gasteiger partial charge in [0.1, 0.15) is 35.3 Å². The molecule has 0 unspecified atom stereocenters. The highest BCUT2D eigenvalue weighted by Gasteiger charge is 2.25. The van der Waals surface area contributed by atoms with Gasteiger partial charge in [0.2, 0.25) is 0 Å². The second-order valence-electron chi connectivity index (χ2n) is 10.3. The molecule has 228 valence electrons. The summed E-state index contributed by atoms with van der Waals surface area (Å²) in [5.74, 6) is -2.99. The van der Waals surface area contributed by atoms with E-state index in [1.807, 2.05) is 6.07 Å². The molecule has 6 rings (SSSR count). The van der Waals surface area contributed by atoms with Crippen molar-refractivity contribution in [1.82, 2.24) is 19.5 Å². The summed E-state index contributed by atoms with van der Waals surface area (Å²) in [6.45, 7) is 0.798. The van der Waals surface area contributed by atoms with Crippen LogP contribution in [0.5, 0.6) is 11.8 Å². The smallest absolute Gasteiger partial charge is 0.335 e. The largest absolute Gasteiger partial charge is 0.496 e. The van der Waals surface area contributed by atoms with Crippen LogP contribution in [0.1, 0.15) is 39.3 Å². The Labute approximate surface area is 254 Å². The standard InChI is InChI=1S/C32H24F3N5O5/c1-43-28-8-17(14-36)2-3-18(28)16-45-32-37-6-4-26(38-32)22-13-23(33)19(9-24(22)34)12-29-39-30-25(35)10-20(31(41)42)11-27(30)40(29)15-21-5-7-44-21/h2-4,6,8-11,13,21H,5,7,12,15-16H2,1H3,(H,41,42)/t21-/m0/s1. The van der Waals surface area contributed by atoms with Crippen molar-refractivity contribution >= 4 is 17.0 Å². The average Bonchev–Trinajstić information content (AvgIpc) is 3.36. The van der Waals surface area contributed by atoms with E-state index in [9.17, 15) is 14.3 Å². The molecular formula is C32H24F3N5O5. The number of hydrogen-bond acceptors (Lipinski definition) is 8. The van der Waals surface area contributed by atoms with Crippen LogP contribution < -0.4 is 9.47 Å². The van der Waals surface area contributed by atoms with Gasteiger partial charge in [-0.3, -0.25) is 0 Å². The van der Waals surface area contributed by atoms with Gasteiger partial charge in [-0.1, -0.05) is 6.07 Å². The number of aromatic carboxylic acids is 1. The molecule has 0 spiro atoms. The molecule has 2 aromatic heterocycles. The van der Waals surface area contributed by atoms with Gasteiger partial charge in [-0.15, -0.1) is 0 Å². The van der Waals surface area contributed by atoms with Gasteiger partial charge in [0.25, 0.3) is 0 Å². The molecule has 13 heteroatoms. The second kappa shape index (κ2) is 12.3. The molecule has 0 saturated carbocycles. The first-order chi connectivity index (χ1) is 21.7. The zero-order valence-electron chi connectivity index (χ0n) is 23.8. The summed E-state index contributed by atoms with van der Waals surface area (Å²) >= 11 is 0. The highest BCUT2D eigenvalue weighted by molar-refractivity contribution is 5.92. The van der Waals surface area contributed by atoms with Gasteiger partial charge >= 0.3 is 12.0 Å². The molecule has 1 saturated heterocycles. The van der Waals surface area contributed by atoms with Gasteiger partial charge < -0.3 is 23.9 Å². The number of methoxy groups -OCH3 is 1. The summed E-state index contributed by atoms with van der Waals surface area (Å²) in [6, 6.07) is 12.4. The number of halogens is 3. The maximum absolute atomic E-state index is 15.5. The van der Waals surface area contributed by atoms with Gasteiger partial charge in [0, 0.05) is 30.4 Å². The lowest BCUT2D eigenvalue weighted by Crippen LogP contribution is -2.31. The molecule has 0 aliphatic carbocycles. The summed E-state index contributed by atoms with van der Waals surface area (Å²) in [7, 11) is 1.46. The lowest BCUT2D eigenvalue weighted by atomic mass is 10.0. The summed E-state index contributed by atoms with van der Waals surface area (Å²) in [6.07, 6.45) is 1.69. The van der Waals surface area contributed by atoms with Crippen LogP contribution in [0.3, 0.4) is 0 Å². The number of carboxylic acids is 1. The third-order valence-electron chi connectivity index (χ3n) is 7.48. The van der Waals surface area contributed by atoms with Gasteiger partial charge in [0.05, 0.1) is 48.2 Å². The number of rotatable bonds is 10. The molecule has 1 fully saturated rings. The lowest BCUT2D eigenvalue weighted by molar-refractivity contribution is -0.0589. The van der Waals surface area contributed by atoms with Crippen molar-refractivity contribution in [2.45, 2.75) is 32.1 Å². The Kier molecular flexibility index (Phi) is 8.06. The van der Waals surface area contributed by atoms with Gasteiger partial charge in [-0.05, 0) is 54.4 Å². The number of ether oxygens (including phenoxy) is 3. The van der Waals surface area contributed by atoms with Crippen molar-refractivity contribution in [3.8, 4) is 29.1 Å². The molecule has 3 aromatic carbocycles. The molecule has 1 N–H and O–H groups in total. The fourth-order valence-electron chi connectivity index (χ4n) is 5.05. The predicted octanol–water partition coefficient (Wildman–Crippen LogP) is 5.45. The van der Waals surface area contributed by atoms with E-state index in [0.717, 1.165) is 24.6 Å². The Morgan fingerprint density at radius 1 is 1.09 bits per heavy atom. The number of hydrogen-bond donors (Lipinski definition) is 1. The Balaban J connectivity index is 1.27. The molecule has 3 heterocycles. The van der Waals surface area contributed by atoms with Gasteiger partial charge in [-0.2, -0.15) is 10.2 Å². The van der Waals surface area contributed by atoms with E-state index < -0.39 is 23.4 Å². The van der Waals surface area contributed by atoms with Crippen LogP contribution in [0, 0.1) is 28.8 Å². The van der Waals surface area contributed by atoms with Crippen LogP contribution in [-0.4, -0.2) is 50.4 Å². The van der Waals surface area contributed by atoms with Crippen molar-refractivity contribution in [1.29, 1.82) is 5.26 Å². The Bertz CT molecular complexity index is 1990. The number of imidazole rings is 1. The van der Waals surface area contributed by atoms with Crippen LogP contribution in [-0.2, 0) is 24.3 Å². The molecule has 1 aliphatic heterocycles. The molecule has 1 aliphatic rings. The highest BCUT2D eigenvalue weighted by atomic mass is 19.1. The quantitative estimate of drug-likeness (QED) is 0.218. The van der Waals surface area contributed by atoms with E-state index in [-0.39, 0.29) is 70.9 Å². The summed E-state index contributed by atoms with van der Waals surface area (Å²) in [5.41, 5.74) is 0.842.